The minimum atomic E-state index is -0.898. The quantitative estimate of drug-likeness (QED) is 0.262. The Morgan fingerprint density at radius 1 is 0.893 bits per heavy atom. The number of Topliss-reactive ketones (excluding diaryl/α,β-unsaturated/α-hetero) is 1. The number of carbonyl (C=O) groups is 2. The predicted molar refractivity (Wildman–Crippen MR) is 109 cm³/mol. The summed E-state index contributed by atoms with van der Waals surface area (Å²) in [5, 5.41) is 2.50. The number of halogens is 1. The minimum absolute atomic E-state index is 0.253. The fourth-order valence-corrected chi connectivity index (χ4v) is 3.27. The minimum Gasteiger partial charge on any atom is -0.453 e. The Morgan fingerprint density at radius 2 is 1.68 bits per heavy atom. The van der Waals surface area contributed by atoms with Crippen molar-refractivity contribution in [1.82, 2.24) is 0 Å². The standard InChI is InChI=1S/C22H13BrO5/c23-17-7-8-20-16(10-17)11-18(22(26)28-20)21(25)27-12-19(24)15-6-5-13-3-1-2-4-14(13)9-15/h1-11H,12H2. The zero-order valence-electron chi connectivity index (χ0n) is 14.5. The summed E-state index contributed by atoms with van der Waals surface area (Å²) in [4.78, 5) is 36.7. The molecule has 0 saturated carbocycles. The number of hydrogen-bond acceptors (Lipinski definition) is 5. The summed E-state index contributed by atoms with van der Waals surface area (Å²) in [6.45, 7) is -0.465. The van der Waals surface area contributed by atoms with E-state index in [1.807, 2.05) is 30.3 Å². The van der Waals surface area contributed by atoms with Crippen molar-refractivity contribution in [3.63, 3.8) is 0 Å². The molecule has 0 spiro atoms. The van der Waals surface area contributed by atoms with Crippen LogP contribution in [0.1, 0.15) is 20.7 Å². The van der Waals surface area contributed by atoms with Gasteiger partial charge >= 0.3 is 11.6 Å². The maximum Gasteiger partial charge on any atom is 0.351 e. The van der Waals surface area contributed by atoms with Crippen molar-refractivity contribution in [2.45, 2.75) is 0 Å². The molecular formula is C22H13BrO5. The second-order valence-electron chi connectivity index (χ2n) is 6.19. The Balaban J connectivity index is 1.53. The number of ether oxygens (including phenoxy) is 1. The molecule has 0 aliphatic carbocycles. The average Bonchev–Trinajstić information content (AvgIpc) is 2.71. The number of fused-ring (bicyclic) bond motifs is 2. The van der Waals surface area contributed by atoms with Crippen LogP contribution in [0.5, 0.6) is 0 Å². The number of carbonyl (C=O) groups excluding carboxylic acids is 2. The molecule has 0 N–H and O–H groups in total. The fraction of sp³-hybridized carbons (Fsp3) is 0.0455. The van der Waals surface area contributed by atoms with Crippen molar-refractivity contribution in [2.75, 3.05) is 6.61 Å². The second kappa shape index (κ2) is 7.40. The van der Waals surface area contributed by atoms with Crippen LogP contribution in [0.3, 0.4) is 0 Å². The van der Waals surface area contributed by atoms with E-state index in [0.717, 1.165) is 15.2 Å². The highest BCUT2D eigenvalue weighted by atomic mass is 79.9. The maximum absolute atomic E-state index is 12.4. The van der Waals surface area contributed by atoms with Crippen molar-refractivity contribution in [1.29, 1.82) is 0 Å². The molecular weight excluding hydrogens is 424 g/mol. The lowest BCUT2D eigenvalue weighted by Gasteiger charge is -2.06. The molecule has 4 aromatic rings. The highest BCUT2D eigenvalue weighted by molar-refractivity contribution is 9.10. The zero-order chi connectivity index (χ0) is 19.7. The summed E-state index contributed by atoms with van der Waals surface area (Å²) >= 11 is 3.32. The molecule has 0 radical (unpaired) electrons. The molecule has 0 saturated heterocycles. The monoisotopic (exact) mass is 436 g/mol. The fourth-order valence-electron chi connectivity index (χ4n) is 2.89. The third-order valence-corrected chi connectivity index (χ3v) is 4.81. The summed E-state index contributed by atoms with van der Waals surface area (Å²) in [5.41, 5.74) is -0.271. The molecule has 0 aliphatic heterocycles. The van der Waals surface area contributed by atoms with Crippen LogP contribution in [-0.2, 0) is 4.74 Å². The largest absolute Gasteiger partial charge is 0.453 e. The van der Waals surface area contributed by atoms with Gasteiger partial charge in [-0.1, -0.05) is 52.3 Å². The molecule has 28 heavy (non-hydrogen) atoms. The molecule has 138 valence electrons. The van der Waals surface area contributed by atoms with Crippen molar-refractivity contribution >= 4 is 49.4 Å². The van der Waals surface area contributed by atoms with E-state index in [9.17, 15) is 14.4 Å². The Bertz CT molecular complexity index is 1290. The van der Waals surface area contributed by atoms with Crippen LogP contribution < -0.4 is 5.63 Å². The first-order valence-electron chi connectivity index (χ1n) is 8.44. The topological polar surface area (TPSA) is 73.6 Å². The van der Waals surface area contributed by atoms with Crippen molar-refractivity contribution in [2.24, 2.45) is 0 Å². The molecule has 0 atom stereocenters. The second-order valence-corrected chi connectivity index (χ2v) is 7.11. The lowest BCUT2D eigenvalue weighted by Crippen LogP contribution is -2.20. The summed E-state index contributed by atoms with van der Waals surface area (Å²) in [7, 11) is 0. The summed E-state index contributed by atoms with van der Waals surface area (Å²) in [6.07, 6.45) is 0. The van der Waals surface area contributed by atoms with Gasteiger partial charge in [-0.3, -0.25) is 4.79 Å². The number of esters is 1. The normalized spacial score (nSPS) is 10.9. The molecule has 1 heterocycles. The number of ketones is 1. The molecule has 6 heteroatoms. The highest BCUT2D eigenvalue weighted by Crippen LogP contribution is 2.20. The van der Waals surface area contributed by atoms with Gasteiger partial charge in [0.05, 0.1) is 0 Å². The third-order valence-electron chi connectivity index (χ3n) is 4.32. The predicted octanol–water partition coefficient (Wildman–Crippen LogP) is 4.75. The molecule has 0 amide bonds. The first kappa shape index (κ1) is 18.1. The van der Waals surface area contributed by atoms with Gasteiger partial charge in [0, 0.05) is 15.4 Å². The van der Waals surface area contributed by atoms with Crippen LogP contribution in [0.4, 0.5) is 0 Å². The first-order chi connectivity index (χ1) is 13.5. The molecule has 0 bridgehead atoms. The number of benzene rings is 3. The van der Waals surface area contributed by atoms with Gasteiger partial charge in [0.1, 0.15) is 11.1 Å². The van der Waals surface area contributed by atoms with E-state index < -0.39 is 18.2 Å². The van der Waals surface area contributed by atoms with Crippen LogP contribution in [0, 0.1) is 0 Å². The SMILES string of the molecule is O=C(COC(=O)c1cc2cc(Br)ccc2oc1=O)c1ccc2ccccc2c1. The van der Waals surface area contributed by atoms with E-state index in [0.29, 0.717) is 16.5 Å². The van der Waals surface area contributed by atoms with E-state index in [1.54, 1.807) is 30.3 Å². The average molecular weight is 437 g/mol. The van der Waals surface area contributed by atoms with Gasteiger partial charge in [0.2, 0.25) is 0 Å². The molecule has 1 aromatic heterocycles. The maximum atomic E-state index is 12.4. The van der Waals surface area contributed by atoms with E-state index >= 15 is 0 Å². The number of rotatable bonds is 4. The first-order valence-corrected chi connectivity index (χ1v) is 9.23. The summed E-state index contributed by atoms with van der Waals surface area (Å²) in [6, 6.07) is 19.4. The highest BCUT2D eigenvalue weighted by Gasteiger charge is 2.17. The lowest BCUT2D eigenvalue weighted by molar-refractivity contribution is 0.0471. The Morgan fingerprint density at radius 3 is 2.50 bits per heavy atom. The van der Waals surface area contributed by atoms with E-state index in [4.69, 9.17) is 9.15 Å². The number of hydrogen-bond donors (Lipinski definition) is 0. The van der Waals surface area contributed by atoms with Crippen molar-refractivity contribution < 1.29 is 18.7 Å². The van der Waals surface area contributed by atoms with Gasteiger partial charge in [0.15, 0.2) is 12.4 Å². The molecule has 0 aliphatic rings. The molecule has 4 rings (SSSR count). The van der Waals surface area contributed by atoms with E-state index in [1.165, 1.54) is 6.07 Å². The van der Waals surface area contributed by atoms with Gasteiger partial charge in [-0.15, -0.1) is 0 Å². The van der Waals surface area contributed by atoms with E-state index in [2.05, 4.69) is 15.9 Å². The van der Waals surface area contributed by atoms with Gasteiger partial charge < -0.3 is 9.15 Å². The third kappa shape index (κ3) is 3.59. The van der Waals surface area contributed by atoms with Crippen LogP contribution in [-0.4, -0.2) is 18.4 Å². The van der Waals surface area contributed by atoms with Crippen molar-refractivity contribution in [3.05, 3.63) is 92.7 Å². The molecule has 0 fully saturated rings. The zero-order valence-corrected chi connectivity index (χ0v) is 16.1. The van der Waals surface area contributed by atoms with Gasteiger partial charge in [0.25, 0.3) is 0 Å². The van der Waals surface area contributed by atoms with Crippen LogP contribution in [0.2, 0.25) is 0 Å². The Kier molecular flexibility index (Phi) is 4.79. The van der Waals surface area contributed by atoms with Crippen LogP contribution in [0.25, 0.3) is 21.7 Å². The summed E-state index contributed by atoms with van der Waals surface area (Å²) < 4.78 is 11.0. The van der Waals surface area contributed by atoms with E-state index in [-0.39, 0.29) is 11.3 Å². The van der Waals surface area contributed by atoms with Gasteiger partial charge in [-0.25, -0.2) is 9.59 Å². The van der Waals surface area contributed by atoms with Gasteiger partial charge in [-0.05, 0) is 41.1 Å². The Hall–Kier alpha value is -3.25. The summed E-state index contributed by atoms with van der Waals surface area (Å²) in [5.74, 6) is -1.25. The van der Waals surface area contributed by atoms with Crippen LogP contribution in [0.15, 0.2) is 80.4 Å². The van der Waals surface area contributed by atoms with Gasteiger partial charge in [-0.2, -0.15) is 0 Å². The molecule has 3 aromatic carbocycles. The Labute approximate surface area is 167 Å². The molecule has 0 unspecified atom stereocenters. The van der Waals surface area contributed by atoms with Crippen molar-refractivity contribution in [3.8, 4) is 0 Å². The lowest BCUT2D eigenvalue weighted by atomic mass is 10.0. The molecule has 5 nitrogen and oxygen atoms in total. The van der Waals surface area contributed by atoms with Crippen LogP contribution >= 0.6 is 15.9 Å². The smallest absolute Gasteiger partial charge is 0.351 e.